The molecule has 69 heavy (non-hydrogen) atoms. The van der Waals surface area contributed by atoms with Gasteiger partial charge in [0.15, 0.2) is 5.82 Å². The largest absolute Gasteiger partial charge is 0.456 e. The van der Waals surface area contributed by atoms with Crippen LogP contribution in [-0.2, 0) is 0 Å². The second-order valence-corrected chi connectivity index (χ2v) is 17.5. The van der Waals surface area contributed by atoms with Crippen LogP contribution in [0.15, 0.2) is 253 Å². The topological polar surface area (TPSA) is 51.8 Å². The summed E-state index contributed by atoms with van der Waals surface area (Å²) in [6, 6.07) is 87.4. The van der Waals surface area contributed by atoms with Crippen LogP contribution >= 0.6 is 0 Å². The van der Waals surface area contributed by atoms with Crippen molar-refractivity contribution >= 4 is 43.6 Å². The fourth-order valence-electron chi connectivity index (χ4n) is 9.89. The van der Waals surface area contributed by atoms with Crippen LogP contribution in [0.4, 0.5) is 0 Å². The first-order valence-electron chi connectivity index (χ1n) is 23.3. The van der Waals surface area contributed by atoms with Gasteiger partial charge in [0, 0.05) is 54.7 Å². The van der Waals surface area contributed by atoms with Crippen LogP contribution < -0.4 is 0 Å². The monoisotopic (exact) mass is 879 g/mol. The van der Waals surface area contributed by atoms with Gasteiger partial charge in [0.1, 0.15) is 11.2 Å². The minimum Gasteiger partial charge on any atom is -0.456 e. The molecule has 3 aromatic heterocycles. The zero-order valence-electron chi connectivity index (χ0n) is 37.4. The quantitative estimate of drug-likeness (QED) is 0.143. The molecule has 0 saturated heterocycles. The first kappa shape index (κ1) is 40.1. The Morgan fingerprint density at radius 3 is 1.35 bits per heavy atom. The number of benzene rings is 10. The average Bonchev–Trinajstić information content (AvgIpc) is 3.81. The number of aromatic nitrogens is 3. The van der Waals surface area contributed by atoms with E-state index >= 15 is 0 Å². The van der Waals surface area contributed by atoms with E-state index in [2.05, 4.69) is 231 Å². The third-order valence-electron chi connectivity index (χ3n) is 13.3. The molecule has 0 amide bonds. The van der Waals surface area contributed by atoms with Gasteiger partial charge in [-0.15, -0.1) is 0 Å². The molecule has 10 aromatic carbocycles. The molecule has 0 bridgehead atoms. The van der Waals surface area contributed by atoms with Crippen LogP contribution in [0.5, 0.6) is 0 Å². The third kappa shape index (κ3) is 7.32. The van der Waals surface area contributed by atoms with Crippen molar-refractivity contribution in [2.45, 2.75) is 0 Å². The summed E-state index contributed by atoms with van der Waals surface area (Å²) in [5.41, 5.74) is 18.5. The van der Waals surface area contributed by atoms with E-state index in [0.29, 0.717) is 5.82 Å². The number of nitrogens with zero attached hydrogens (tertiary/aromatic N) is 3. The van der Waals surface area contributed by atoms with E-state index in [4.69, 9.17) is 19.4 Å². The number of para-hydroxylation sites is 2. The third-order valence-corrected chi connectivity index (χ3v) is 13.3. The van der Waals surface area contributed by atoms with Crippen LogP contribution in [0.1, 0.15) is 0 Å². The fourth-order valence-corrected chi connectivity index (χ4v) is 9.89. The van der Waals surface area contributed by atoms with E-state index in [1.807, 2.05) is 18.2 Å². The van der Waals surface area contributed by atoms with Gasteiger partial charge >= 0.3 is 0 Å². The molecule has 0 saturated carbocycles. The van der Waals surface area contributed by atoms with Crippen molar-refractivity contribution in [2.75, 3.05) is 0 Å². The van der Waals surface area contributed by atoms with E-state index in [0.717, 1.165) is 116 Å². The van der Waals surface area contributed by atoms with Gasteiger partial charge in [-0.3, -0.25) is 0 Å². The highest BCUT2D eigenvalue weighted by molar-refractivity contribution is 6.27. The molecule has 13 aromatic rings. The number of fused-ring (bicyclic) bond motifs is 6. The van der Waals surface area contributed by atoms with Crippen LogP contribution in [0.2, 0.25) is 0 Å². The summed E-state index contributed by atoms with van der Waals surface area (Å²) in [7, 11) is 0. The maximum Gasteiger partial charge on any atom is 0.160 e. The normalized spacial score (nSPS) is 11.5. The van der Waals surface area contributed by atoms with Crippen LogP contribution in [0.25, 0.3) is 133 Å². The summed E-state index contributed by atoms with van der Waals surface area (Å²) in [6.45, 7) is 0. The van der Waals surface area contributed by atoms with E-state index < -0.39 is 0 Å². The molecular weight excluding hydrogens is 839 g/mol. The van der Waals surface area contributed by atoms with E-state index in [9.17, 15) is 0 Å². The fraction of sp³-hybridized carbons (Fsp3) is 0. The lowest BCUT2D eigenvalue weighted by atomic mass is 9.89. The molecule has 0 N–H and O–H groups in total. The molecule has 0 aliphatic heterocycles. The Kier molecular flexibility index (Phi) is 9.80. The van der Waals surface area contributed by atoms with Gasteiger partial charge in [-0.25, -0.2) is 15.0 Å². The van der Waals surface area contributed by atoms with Crippen LogP contribution in [0.3, 0.4) is 0 Å². The first-order valence-corrected chi connectivity index (χ1v) is 23.3. The highest BCUT2D eigenvalue weighted by Gasteiger charge is 2.22. The molecule has 0 fully saturated rings. The van der Waals surface area contributed by atoms with Gasteiger partial charge < -0.3 is 4.42 Å². The summed E-state index contributed by atoms with van der Waals surface area (Å²) in [4.78, 5) is 15.8. The summed E-state index contributed by atoms with van der Waals surface area (Å²) >= 11 is 0. The Bertz CT molecular complexity index is 3910. The van der Waals surface area contributed by atoms with Gasteiger partial charge in [0.25, 0.3) is 0 Å². The number of pyridine rings is 1. The number of hydrogen-bond donors (Lipinski definition) is 0. The molecule has 0 spiro atoms. The smallest absolute Gasteiger partial charge is 0.160 e. The Hall–Kier alpha value is -9.25. The molecule has 3 heterocycles. The van der Waals surface area contributed by atoms with Crippen LogP contribution in [-0.4, -0.2) is 15.0 Å². The minimum atomic E-state index is 0.667. The molecule has 0 unspecified atom stereocenters. The van der Waals surface area contributed by atoms with Gasteiger partial charge in [-0.05, 0) is 69.3 Å². The second kappa shape index (κ2) is 16.9. The lowest BCUT2D eigenvalue weighted by molar-refractivity contribution is 0.669. The van der Waals surface area contributed by atoms with E-state index in [1.54, 1.807) is 0 Å². The average molecular weight is 880 g/mol. The van der Waals surface area contributed by atoms with E-state index in [1.165, 1.54) is 11.1 Å². The standard InChI is InChI=1S/C65H41N3O/c1-4-15-42(16-5-1)44-27-33-47(34-28-44)57-41-58(48-35-29-45(30-36-48)43-17-6-2-7-18-43)68-65(67-57)50-37-31-46(32-38-50)51-21-14-22-52(39-51)64-55-40-60-63(54-24-11-13-26-59(54)69-60)61(49-19-8-3-9-20-49)62(55)53-23-10-12-25-56(53)66-64/h1-41H. The molecule has 4 heteroatoms. The Balaban J connectivity index is 0.907. The summed E-state index contributed by atoms with van der Waals surface area (Å²) in [5, 5.41) is 5.53. The summed E-state index contributed by atoms with van der Waals surface area (Å²) in [6.07, 6.45) is 0. The van der Waals surface area contributed by atoms with Crippen molar-refractivity contribution in [3.63, 3.8) is 0 Å². The zero-order chi connectivity index (χ0) is 45.7. The zero-order valence-corrected chi connectivity index (χ0v) is 37.4. The predicted octanol–water partition coefficient (Wildman–Crippen LogP) is 17.4. The number of rotatable bonds is 8. The highest BCUT2D eigenvalue weighted by Crippen LogP contribution is 2.46. The Morgan fingerprint density at radius 2 is 0.725 bits per heavy atom. The SMILES string of the molecule is c1ccc(-c2ccc(-c3cc(-c4ccc(-c5ccccc5)cc4)nc(-c4ccc(-c5cccc(-c6nc7ccccc7c7c(-c8ccccc8)c8c(cc67)oc6ccccc68)c5)cc4)n3)cc2)cc1. The second-order valence-electron chi connectivity index (χ2n) is 17.5. The van der Waals surface area contributed by atoms with Crippen molar-refractivity contribution in [2.24, 2.45) is 0 Å². The van der Waals surface area contributed by atoms with E-state index in [-0.39, 0.29) is 0 Å². The number of furan rings is 1. The highest BCUT2D eigenvalue weighted by atomic mass is 16.3. The lowest BCUT2D eigenvalue weighted by Crippen LogP contribution is -1.96. The molecule has 0 atom stereocenters. The summed E-state index contributed by atoms with van der Waals surface area (Å²) < 4.78 is 6.64. The van der Waals surface area contributed by atoms with Crippen molar-refractivity contribution in [1.29, 1.82) is 0 Å². The van der Waals surface area contributed by atoms with Gasteiger partial charge in [-0.1, -0.05) is 218 Å². The number of hydrogen-bond acceptors (Lipinski definition) is 4. The first-order chi connectivity index (χ1) is 34.2. The van der Waals surface area contributed by atoms with Gasteiger partial charge in [0.2, 0.25) is 0 Å². The van der Waals surface area contributed by atoms with Gasteiger partial charge in [-0.2, -0.15) is 0 Å². The lowest BCUT2D eigenvalue weighted by Gasteiger charge is -2.16. The van der Waals surface area contributed by atoms with Crippen molar-refractivity contribution in [3.8, 4) is 89.7 Å². The molecule has 4 nitrogen and oxygen atoms in total. The Morgan fingerprint density at radius 1 is 0.261 bits per heavy atom. The maximum atomic E-state index is 6.64. The Labute approximate surface area is 399 Å². The molecule has 0 radical (unpaired) electrons. The minimum absolute atomic E-state index is 0.667. The predicted molar refractivity (Wildman–Crippen MR) is 286 cm³/mol. The van der Waals surface area contributed by atoms with Gasteiger partial charge in [0.05, 0.1) is 22.6 Å². The molecule has 322 valence electrons. The maximum absolute atomic E-state index is 6.64. The van der Waals surface area contributed by atoms with Crippen molar-refractivity contribution in [3.05, 3.63) is 249 Å². The van der Waals surface area contributed by atoms with Crippen LogP contribution in [0, 0.1) is 0 Å². The summed E-state index contributed by atoms with van der Waals surface area (Å²) in [5.74, 6) is 0.667. The molecule has 0 aliphatic carbocycles. The van der Waals surface area contributed by atoms with Crippen molar-refractivity contribution < 1.29 is 4.42 Å². The molecule has 13 rings (SSSR count). The molecular formula is C65H41N3O. The van der Waals surface area contributed by atoms with Crippen molar-refractivity contribution in [1.82, 2.24) is 15.0 Å². The molecule has 0 aliphatic rings.